The van der Waals surface area contributed by atoms with Gasteiger partial charge in [-0.15, -0.1) is 11.3 Å². The maximum Gasteiger partial charge on any atom is 0.268 e. The van der Waals surface area contributed by atoms with Gasteiger partial charge in [-0.3, -0.25) is 10.1 Å². The minimum absolute atomic E-state index is 0.104. The van der Waals surface area contributed by atoms with Gasteiger partial charge in [-0.25, -0.2) is 13.8 Å². The number of carbonyl (C=O) groups is 1. The van der Waals surface area contributed by atoms with Crippen LogP contribution in [0.3, 0.4) is 0 Å². The van der Waals surface area contributed by atoms with E-state index in [9.17, 15) is 29.1 Å². The van der Waals surface area contributed by atoms with E-state index in [2.05, 4.69) is 10.3 Å². The van der Waals surface area contributed by atoms with Crippen molar-refractivity contribution >= 4 is 28.5 Å². The number of hydrogen-bond acceptors (Lipinski definition) is 6. The third-order valence-electron chi connectivity index (χ3n) is 3.62. The molecule has 0 radical (unpaired) electrons. The summed E-state index contributed by atoms with van der Waals surface area (Å²) in [5, 5.41) is 32.3. The lowest BCUT2D eigenvalue weighted by molar-refractivity contribution is -0.112. The molecule has 0 saturated heterocycles. The zero-order valence-electron chi connectivity index (χ0n) is 14.0. The number of carbonyl (C=O) groups excluding carboxylic acids is 1. The second-order valence-electron chi connectivity index (χ2n) is 5.53. The fourth-order valence-corrected chi connectivity index (χ4v) is 2.95. The number of thiazole rings is 1. The van der Waals surface area contributed by atoms with Gasteiger partial charge in [0, 0.05) is 22.6 Å². The molecule has 0 aliphatic rings. The van der Waals surface area contributed by atoms with Crippen molar-refractivity contribution in [3.05, 3.63) is 64.5 Å². The number of aromatic hydroxyl groups is 2. The molecule has 2 aromatic carbocycles. The van der Waals surface area contributed by atoms with E-state index >= 15 is 0 Å². The van der Waals surface area contributed by atoms with Gasteiger partial charge >= 0.3 is 0 Å². The van der Waals surface area contributed by atoms with E-state index in [1.807, 2.05) is 0 Å². The Morgan fingerprint density at radius 1 is 1.18 bits per heavy atom. The number of nitriles is 1. The Hall–Kier alpha value is -3.77. The Bertz CT molecular complexity index is 1140. The molecule has 3 aromatic rings. The van der Waals surface area contributed by atoms with Crippen LogP contribution in [-0.2, 0) is 4.79 Å². The molecule has 28 heavy (non-hydrogen) atoms. The summed E-state index contributed by atoms with van der Waals surface area (Å²) in [6.45, 7) is 0. The van der Waals surface area contributed by atoms with E-state index < -0.39 is 17.5 Å². The first kappa shape index (κ1) is 19.0. The maximum atomic E-state index is 13.7. The largest absolute Gasteiger partial charge is 0.504 e. The molecule has 0 saturated carbocycles. The van der Waals surface area contributed by atoms with Crippen LogP contribution in [0.25, 0.3) is 17.3 Å². The van der Waals surface area contributed by atoms with Crippen LogP contribution in [0.2, 0.25) is 0 Å². The minimum atomic E-state index is -0.899. The lowest BCUT2D eigenvalue weighted by Gasteiger charge is -2.02. The maximum absolute atomic E-state index is 13.7. The van der Waals surface area contributed by atoms with Crippen molar-refractivity contribution in [3.63, 3.8) is 0 Å². The molecule has 3 rings (SSSR count). The molecule has 3 N–H and O–H groups in total. The Labute approximate surface area is 161 Å². The van der Waals surface area contributed by atoms with Crippen LogP contribution in [0.15, 0.2) is 47.4 Å². The van der Waals surface area contributed by atoms with Crippen LogP contribution in [0.5, 0.6) is 11.5 Å². The van der Waals surface area contributed by atoms with Crippen molar-refractivity contribution in [2.45, 2.75) is 0 Å². The lowest BCUT2D eigenvalue weighted by Crippen LogP contribution is -2.13. The SMILES string of the molecule is N#C/C(=C\c1ccc(F)cc1F)C(=O)Nc1nc(-c2ccc(O)c(O)c2)cs1. The van der Waals surface area contributed by atoms with Crippen LogP contribution in [0.4, 0.5) is 13.9 Å². The molecule has 1 heterocycles. The molecule has 0 aliphatic carbocycles. The first-order valence-electron chi connectivity index (χ1n) is 7.73. The molecule has 0 fully saturated rings. The lowest BCUT2D eigenvalue weighted by atomic mass is 10.1. The summed E-state index contributed by atoms with van der Waals surface area (Å²) < 4.78 is 26.7. The summed E-state index contributed by atoms with van der Waals surface area (Å²) in [6, 6.07) is 8.61. The fraction of sp³-hybridized carbons (Fsp3) is 0. The quantitative estimate of drug-likeness (QED) is 0.349. The number of nitrogens with zero attached hydrogens (tertiary/aromatic N) is 2. The van der Waals surface area contributed by atoms with Gasteiger partial charge in [-0.2, -0.15) is 5.26 Å². The highest BCUT2D eigenvalue weighted by Crippen LogP contribution is 2.32. The molecular weight excluding hydrogens is 388 g/mol. The molecule has 1 amide bonds. The summed E-state index contributed by atoms with van der Waals surface area (Å²) >= 11 is 1.07. The van der Waals surface area contributed by atoms with Crippen LogP contribution >= 0.6 is 11.3 Å². The number of nitrogens with one attached hydrogen (secondary N) is 1. The second kappa shape index (κ2) is 7.85. The van der Waals surface area contributed by atoms with Gasteiger partial charge in [-0.1, -0.05) is 0 Å². The predicted octanol–water partition coefficient (Wildman–Crippen LogP) is 4.05. The number of hydrogen-bond donors (Lipinski definition) is 3. The van der Waals surface area contributed by atoms with Gasteiger partial charge in [0.15, 0.2) is 16.6 Å². The first-order valence-corrected chi connectivity index (χ1v) is 8.61. The van der Waals surface area contributed by atoms with Gasteiger partial charge in [0.2, 0.25) is 0 Å². The van der Waals surface area contributed by atoms with Crippen LogP contribution < -0.4 is 5.32 Å². The number of phenols is 2. The molecule has 0 spiro atoms. The van der Waals surface area contributed by atoms with Crippen molar-refractivity contribution < 1.29 is 23.8 Å². The van der Waals surface area contributed by atoms with E-state index in [0.717, 1.165) is 29.5 Å². The van der Waals surface area contributed by atoms with Crippen LogP contribution in [0.1, 0.15) is 5.56 Å². The highest BCUT2D eigenvalue weighted by Gasteiger charge is 2.14. The van der Waals surface area contributed by atoms with E-state index in [1.165, 1.54) is 18.2 Å². The van der Waals surface area contributed by atoms with Crippen molar-refractivity contribution in [3.8, 4) is 28.8 Å². The van der Waals surface area contributed by atoms with Crippen LogP contribution in [-0.4, -0.2) is 21.1 Å². The van der Waals surface area contributed by atoms with E-state index in [-0.39, 0.29) is 27.8 Å². The van der Waals surface area contributed by atoms with Crippen molar-refractivity contribution in [2.24, 2.45) is 0 Å². The molecule has 0 atom stereocenters. The molecule has 140 valence electrons. The highest BCUT2D eigenvalue weighted by molar-refractivity contribution is 7.14. The number of anilines is 1. The Morgan fingerprint density at radius 2 is 1.96 bits per heavy atom. The Balaban J connectivity index is 1.80. The standard InChI is InChI=1S/C19H11F2N3O3S/c20-13-3-1-10(14(21)7-13)5-12(8-22)18(27)24-19-23-15(9-28-19)11-2-4-16(25)17(26)6-11/h1-7,9,25-26H,(H,23,24,27)/b12-5+. The predicted molar refractivity (Wildman–Crippen MR) is 99.5 cm³/mol. The summed E-state index contributed by atoms with van der Waals surface area (Å²) in [6.07, 6.45) is 1.01. The normalized spacial score (nSPS) is 11.1. The topological polar surface area (TPSA) is 106 Å². The molecule has 9 heteroatoms. The molecule has 0 unspecified atom stereocenters. The zero-order chi connectivity index (χ0) is 20.3. The molecule has 6 nitrogen and oxygen atoms in total. The molecular formula is C19H11F2N3O3S. The second-order valence-corrected chi connectivity index (χ2v) is 6.39. The monoisotopic (exact) mass is 399 g/mol. The summed E-state index contributed by atoms with van der Waals surface area (Å²) in [7, 11) is 0. The van der Waals surface area contributed by atoms with Crippen molar-refractivity contribution in [1.82, 2.24) is 4.98 Å². The zero-order valence-corrected chi connectivity index (χ0v) is 14.8. The third-order valence-corrected chi connectivity index (χ3v) is 4.38. The fourth-order valence-electron chi connectivity index (χ4n) is 2.23. The van der Waals surface area contributed by atoms with Crippen molar-refractivity contribution in [2.75, 3.05) is 5.32 Å². The van der Waals surface area contributed by atoms with Gasteiger partial charge < -0.3 is 10.2 Å². The Kier molecular flexibility index (Phi) is 5.33. The number of benzene rings is 2. The number of amides is 1. The summed E-state index contributed by atoms with van der Waals surface area (Å²) in [5.41, 5.74) is 0.455. The van der Waals surface area contributed by atoms with E-state index in [4.69, 9.17) is 0 Å². The first-order chi connectivity index (χ1) is 13.4. The van der Waals surface area contributed by atoms with Gasteiger partial charge in [0.25, 0.3) is 5.91 Å². The number of aromatic nitrogens is 1. The summed E-state index contributed by atoms with van der Waals surface area (Å²) in [5.74, 6) is -3.06. The highest BCUT2D eigenvalue weighted by atomic mass is 32.1. The molecule has 1 aromatic heterocycles. The Morgan fingerprint density at radius 3 is 2.64 bits per heavy atom. The summed E-state index contributed by atoms with van der Waals surface area (Å²) in [4.78, 5) is 16.4. The van der Waals surface area contributed by atoms with Gasteiger partial charge in [0.1, 0.15) is 23.3 Å². The smallest absolute Gasteiger partial charge is 0.268 e. The van der Waals surface area contributed by atoms with E-state index in [1.54, 1.807) is 11.4 Å². The van der Waals surface area contributed by atoms with Gasteiger partial charge in [-0.05, 0) is 36.4 Å². The van der Waals surface area contributed by atoms with Gasteiger partial charge in [0.05, 0.1) is 5.69 Å². The van der Waals surface area contributed by atoms with Crippen molar-refractivity contribution in [1.29, 1.82) is 5.26 Å². The third kappa shape index (κ3) is 4.13. The van der Waals surface area contributed by atoms with Crippen LogP contribution in [0, 0.1) is 23.0 Å². The average molecular weight is 399 g/mol. The number of rotatable bonds is 4. The molecule has 0 aliphatic heterocycles. The number of phenolic OH excluding ortho intramolecular Hbond substituents is 2. The number of halogens is 2. The minimum Gasteiger partial charge on any atom is -0.504 e. The van der Waals surface area contributed by atoms with E-state index in [0.29, 0.717) is 17.3 Å². The molecule has 0 bridgehead atoms. The average Bonchev–Trinajstić information content (AvgIpc) is 3.11.